The van der Waals surface area contributed by atoms with E-state index < -0.39 is 28.0 Å². The van der Waals surface area contributed by atoms with E-state index in [0.717, 1.165) is 0 Å². The van der Waals surface area contributed by atoms with Crippen LogP contribution in [0.5, 0.6) is 0 Å². The fourth-order valence-electron chi connectivity index (χ4n) is 0.784. The predicted octanol–water partition coefficient (Wildman–Crippen LogP) is 2.63. The van der Waals surface area contributed by atoms with Gasteiger partial charge in [-0.05, 0) is 26.7 Å². The minimum atomic E-state index is -4.52. The van der Waals surface area contributed by atoms with E-state index in [1.54, 1.807) is 34.6 Å². The van der Waals surface area contributed by atoms with Gasteiger partial charge in [-0.15, -0.1) is 0 Å². The van der Waals surface area contributed by atoms with E-state index in [9.17, 15) is 17.4 Å². The van der Waals surface area contributed by atoms with E-state index in [0.29, 0.717) is 0 Å². The maximum atomic E-state index is 12.0. The van der Waals surface area contributed by atoms with Crippen LogP contribution in [0.25, 0.3) is 0 Å². The molecule has 0 aliphatic rings. The molecule has 0 radical (unpaired) electrons. The Labute approximate surface area is 103 Å². The van der Waals surface area contributed by atoms with Gasteiger partial charge in [0, 0.05) is 5.92 Å². The van der Waals surface area contributed by atoms with E-state index in [1.165, 1.54) is 5.92 Å². The van der Waals surface area contributed by atoms with Crippen molar-refractivity contribution in [2.45, 2.75) is 51.6 Å². The maximum absolute atomic E-state index is 12.0. The summed E-state index contributed by atoms with van der Waals surface area (Å²) < 4.78 is 49.8. The van der Waals surface area contributed by atoms with Crippen molar-refractivity contribution >= 4 is 11.0 Å². The number of rotatable bonds is 3. The summed E-state index contributed by atoms with van der Waals surface area (Å²) in [5.41, 5.74) is 0. The zero-order valence-electron chi connectivity index (χ0n) is 10.6. The third kappa shape index (κ3) is 7.40. The van der Waals surface area contributed by atoms with Crippen molar-refractivity contribution in [3.8, 4) is 11.8 Å². The molecule has 0 aromatic carbocycles. The molecule has 0 saturated heterocycles. The molecule has 2 nitrogen and oxygen atoms in total. The van der Waals surface area contributed by atoms with Crippen molar-refractivity contribution < 1.29 is 17.4 Å². The smallest absolute Gasteiger partial charge is 0.242 e. The molecule has 2 atom stereocenters. The lowest BCUT2D eigenvalue weighted by atomic mass is 10.1. The first-order valence-electron chi connectivity index (χ1n) is 5.21. The molecular formula is C11H18F3NOS. The van der Waals surface area contributed by atoms with Crippen LogP contribution in [-0.2, 0) is 11.0 Å². The molecule has 0 aromatic heterocycles. The van der Waals surface area contributed by atoms with Crippen LogP contribution in [0.2, 0.25) is 0 Å². The van der Waals surface area contributed by atoms with Gasteiger partial charge >= 0.3 is 6.18 Å². The summed E-state index contributed by atoms with van der Waals surface area (Å²) >= 11 is 0. The highest BCUT2D eigenvalue weighted by molar-refractivity contribution is 7.84. The fraction of sp³-hybridized carbons (Fsp3) is 0.818. The zero-order chi connectivity index (χ0) is 13.9. The quantitative estimate of drug-likeness (QED) is 0.784. The highest BCUT2D eigenvalue weighted by Crippen LogP contribution is 2.14. The molecule has 0 amide bonds. The van der Waals surface area contributed by atoms with Gasteiger partial charge < -0.3 is 0 Å². The van der Waals surface area contributed by atoms with Crippen LogP contribution in [0.3, 0.4) is 0 Å². The standard InChI is InChI=1S/C11H18F3NOS/c1-8(2)9(6-7-11(12,13)14)15-17(16)10(3,4)5/h8-9,15H,1-5H3/t9-,17?/m1/s1. The van der Waals surface area contributed by atoms with Gasteiger partial charge in [-0.25, -0.2) is 8.93 Å². The van der Waals surface area contributed by atoms with Crippen LogP contribution in [0, 0.1) is 17.8 Å². The Bertz CT molecular complexity index is 333. The van der Waals surface area contributed by atoms with Crippen molar-refractivity contribution in [3.63, 3.8) is 0 Å². The van der Waals surface area contributed by atoms with Gasteiger partial charge in [-0.3, -0.25) is 0 Å². The molecule has 0 aliphatic carbocycles. The van der Waals surface area contributed by atoms with Gasteiger partial charge in [0.1, 0.15) is 0 Å². The van der Waals surface area contributed by atoms with Gasteiger partial charge in [0.25, 0.3) is 0 Å². The Hall–Kier alpha value is -0.540. The lowest BCUT2D eigenvalue weighted by Gasteiger charge is -2.23. The fourth-order valence-corrected chi connectivity index (χ4v) is 1.70. The summed E-state index contributed by atoms with van der Waals surface area (Å²) in [7, 11) is -1.44. The first-order chi connectivity index (χ1) is 7.43. The van der Waals surface area contributed by atoms with Gasteiger partial charge in [-0.1, -0.05) is 19.8 Å². The van der Waals surface area contributed by atoms with Crippen molar-refractivity contribution in [3.05, 3.63) is 0 Å². The van der Waals surface area contributed by atoms with Crippen molar-refractivity contribution in [1.29, 1.82) is 0 Å². The van der Waals surface area contributed by atoms with Crippen molar-refractivity contribution in [2.24, 2.45) is 5.92 Å². The number of halogens is 3. The topological polar surface area (TPSA) is 29.1 Å². The summed E-state index contributed by atoms with van der Waals surface area (Å²) in [6.45, 7) is 8.67. The Morgan fingerprint density at radius 3 is 1.94 bits per heavy atom. The average Bonchev–Trinajstić information content (AvgIpc) is 2.07. The molecule has 0 bridgehead atoms. The minimum Gasteiger partial charge on any atom is -0.242 e. The number of hydrogen-bond acceptors (Lipinski definition) is 1. The SMILES string of the molecule is CC(C)[C@@H](C#CC(F)(F)F)NS(=O)C(C)(C)C. The van der Waals surface area contributed by atoms with E-state index >= 15 is 0 Å². The molecule has 0 heterocycles. The van der Waals surface area contributed by atoms with Gasteiger partial charge in [0.15, 0.2) is 0 Å². The summed E-state index contributed by atoms with van der Waals surface area (Å²) in [6, 6.07) is -0.739. The molecule has 0 saturated carbocycles. The molecular weight excluding hydrogens is 251 g/mol. The molecule has 0 aliphatic heterocycles. The number of nitrogens with one attached hydrogen (secondary N) is 1. The molecule has 6 heteroatoms. The highest BCUT2D eigenvalue weighted by atomic mass is 32.2. The lowest BCUT2D eigenvalue weighted by Crippen LogP contribution is -2.41. The third-order valence-electron chi connectivity index (χ3n) is 1.83. The molecule has 17 heavy (non-hydrogen) atoms. The Morgan fingerprint density at radius 2 is 1.65 bits per heavy atom. The second kappa shape index (κ2) is 5.87. The summed E-state index contributed by atoms with van der Waals surface area (Å²) in [6.07, 6.45) is -4.52. The summed E-state index contributed by atoms with van der Waals surface area (Å²) in [4.78, 5) is 0. The average molecular weight is 269 g/mol. The van der Waals surface area contributed by atoms with Crippen molar-refractivity contribution in [1.82, 2.24) is 4.72 Å². The Balaban J connectivity index is 4.78. The van der Waals surface area contributed by atoms with Crippen LogP contribution >= 0.6 is 0 Å². The molecule has 0 aromatic rings. The second-order valence-corrected chi connectivity index (χ2v) is 6.99. The molecule has 1 unspecified atom stereocenters. The zero-order valence-corrected chi connectivity index (χ0v) is 11.4. The summed E-state index contributed by atoms with van der Waals surface area (Å²) in [5.74, 6) is 3.14. The van der Waals surface area contributed by atoms with E-state index in [1.807, 2.05) is 0 Å². The van der Waals surface area contributed by atoms with E-state index in [-0.39, 0.29) is 5.92 Å². The molecule has 0 fully saturated rings. The van der Waals surface area contributed by atoms with E-state index in [4.69, 9.17) is 0 Å². The normalized spacial score (nSPS) is 16.3. The van der Waals surface area contributed by atoms with E-state index in [2.05, 4.69) is 10.6 Å². The second-order valence-electron chi connectivity index (χ2n) is 4.99. The first kappa shape index (κ1) is 16.5. The van der Waals surface area contributed by atoms with Gasteiger partial charge in [0.2, 0.25) is 0 Å². The number of alkyl halides is 3. The molecule has 100 valence electrons. The van der Waals surface area contributed by atoms with Crippen molar-refractivity contribution in [2.75, 3.05) is 0 Å². The third-order valence-corrected chi connectivity index (χ3v) is 3.41. The Kier molecular flexibility index (Phi) is 5.69. The molecule has 1 N–H and O–H groups in total. The monoisotopic (exact) mass is 269 g/mol. The number of hydrogen-bond donors (Lipinski definition) is 1. The van der Waals surface area contributed by atoms with Crippen LogP contribution in [0.4, 0.5) is 13.2 Å². The van der Waals surface area contributed by atoms with Crippen LogP contribution in [-0.4, -0.2) is 21.2 Å². The predicted molar refractivity (Wildman–Crippen MR) is 63.5 cm³/mol. The highest BCUT2D eigenvalue weighted by Gasteiger charge is 2.26. The molecule has 0 spiro atoms. The largest absolute Gasteiger partial charge is 0.457 e. The van der Waals surface area contributed by atoms with Crippen LogP contribution < -0.4 is 4.72 Å². The minimum absolute atomic E-state index is 0.156. The lowest BCUT2D eigenvalue weighted by molar-refractivity contribution is -0.0698. The Morgan fingerprint density at radius 1 is 1.18 bits per heavy atom. The first-order valence-corrected chi connectivity index (χ1v) is 6.36. The summed E-state index contributed by atoms with van der Waals surface area (Å²) in [5, 5.41) is 0. The van der Waals surface area contributed by atoms with Crippen LogP contribution in [0.1, 0.15) is 34.6 Å². The van der Waals surface area contributed by atoms with Gasteiger partial charge in [-0.2, -0.15) is 13.2 Å². The maximum Gasteiger partial charge on any atom is 0.457 e. The molecule has 0 rings (SSSR count). The van der Waals surface area contributed by atoms with Gasteiger partial charge in [0.05, 0.1) is 21.8 Å². The van der Waals surface area contributed by atoms with Crippen LogP contribution in [0.15, 0.2) is 0 Å².